The lowest BCUT2D eigenvalue weighted by Crippen LogP contribution is -2.39. The summed E-state index contributed by atoms with van der Waals surface area (Å²) < 4.78 is 0. The highest BCUT2D eigenvalue weighted by Gasteiger charge is 2.35. The van der Waals surface area contributed by atoms with Crippen molar-refractivity contribution in [3.63, 3.8) is 0 Å². The zero-order chi connectivity index (χ0) is 15.0. The fourth-order valence-electron chi connectivity index (χ4n) is 2.83. The summed E-state index contributed by atoms with van der Waals surface area (Å²) in [5, 5.41) is 14.3. The molecule has 0 spiro atoms. The van der Waals surface area contributed by atoms with Gasteiger partial charge in [-0.3, -0.25) is 14.9 Å². The molecule has 6 heteroatoms. The SMILES string of the molecule is Cc1c(CN2CCC(NC3CC3)C2=O)cccc1[N+](=O)[O-]. The van der Waals surface area contributed by atoms with Crippen LogP contribution >= 0.6 is 0 Å². The number of benzene rings is 1. The largest absolute Gasteiger partial charge is 0.337 e. The van der Waals surface area contributed by atoms with Gasteiger partial charge >= 0.3 is 0 Å². The van der Waals surface area contributed by atoms with E-state index in [1.807, 2.05) is 6.07 Å². The van der Waals surface area contributed by atoms with Gasteiger partial charge in [0.15, 0.2) is 0 Å². The molecule has 0 radical (unpaired) electrons. The van der Waals surface area contributed by atoms with E-state index in [1.54, 1.807) is 17.9 Å². The van der Waals surface area contributed by atoms with Gasteiger partial charge in [-0.2, -0.15) is 0 Å². The average molecular weight is 289 g/mol. The predicted molar refractivity (Wildman–Crippen MR) is 77.8 cm³/mol. The second-order valence-corrected chi connectivity index (χ2v) is 5.86. The molecule has 1 N–H and O–H groups in total. The second kappa shape index (κ2) is 5.44. The summed E-state index contributed by atoms with van der Waals surface area (Å²) >= 11 is 0. The standard InChI is InChI=1S/C15H19N3O3/c1-10-11(3-2-4-14(10)18(20)21)9-17-8-7-13(15(17)19)16-12-5-6-12/h2-4,12-13,16H,5-9H2,1H3. The highest BCUT2D eigenvalue weighted by atomic mass is 16.6. The van der Waals surface area contributed by atoms with Crippen LogP contribution in [0.4, 0.5) is 5.69 Å². The van der Waals surface area contributed by atoms with Crippen molar-refractivity contribution in [3.8, 4) is 0 Å². The highest BCUT2D eigenvalue weighted by Crippen LogP contribution is 2.26. The maximum atomic E-state index is 12.3. The van der Waals surface area contributed by atoms with Crippen LogP contribution in [0.25, 0.3) is 0 Å². The second-order valence-electron chi connectivity index (χ2n) is 5.86. The summed E-state index contributed by atoms with van der Waals surface area (Å²) in [6, 6.07) is 5.48. The van der Waals surface area contributed by atoms with Crippen LogP contribution in [0, 0.1) is 17.0 Å². The molecule has 112 valence electrons. The Morgan fingerprint density at radius 2 is 2.14 bits per heavy atom. The third-order valence-corrected chi connectivity index (χ3v) is 4.29. The summed E-state index contributed by atoms with van der Waals surface area (Å²) in [5.74, 6) is 0.118. The van der Waals surface area contributed by atoms with Crippen LogP contribution in [-0.2, 0) is 11.3 Å². The molecule has 1 unspecified atom stereocenters. The molecule has 1 heterocycles. The number of carbonyl (C=O) groups is 1. The van der Waals surface area contributed by atoms with E-state index in [2.05, 4.69) is 5.32 Å². The third-order valence-electron chi connectivity index (χ3n) is 4.29. The molecular weight excluding hydrogens is 270 g/mol. The molecule has 6 nitrogen and oxygen atoms in total. The molecule has 1 saturated carbocycles. The van der Waals surface area contributed by atoms with Gasteiger partial charge in [-0.15, -0.1) is 0 Å². The monoisotopic (exact) mass is 289 g/mol. The molecule has 3 rings (SSSR count). The van der Waals surface area contributed by atoms with Gasteiger partial charge in [0.05, 0.1) is 11.0 Å². The number of nitrogens with one attached hydrogen (secondary N) is 1. The lowest BCUT2D eigenvalue weighted by molar-refractivity contribution is -0.385. The third kappa shape index (κ3) is 2.90. The van der Waals surface area contributed by atoms with Crippen molar-refractivity contribution in [1.29, 1.82) is 0 Å². The lowest BCUT2D eigenvalue weighted by atomic mass is 10.1. The topological polar surface area (TPSA) is 75.5 Å². The van der Waals surface area contributed by atoms with Crippen molar-refractivity contribution < 1.29 is 9.72 Å². The quantitative estimate of drug-likeness (QED) is 0.662. The minimum absolute atomic E-state index is 0.0727. The molecule has 1 aliphatic carbocycles. The number of nitrogens with zero attached hydrogens (tertiary/aromatic N) is 2. The number of nitro benzene ring substituents is 1. The Hall–Kier alpha value is -1.95. The van der Waals surface area contributed by atoms with Crippen LogP contribution in [0.1, 0.15) is 30.4 Å². The van der Waals surface area contributed by atoms with Crippen LogP contribution in [0.5, 0.6) is 0 Å². The van der Waals surface area contributed by atoms with Crippen molar-refractivity contribution in [2.75, 3.05) is 6.54 Å². The minimum atomic E-state index is -0.373. The molecule has 2 fully saturated rings. The molecule has 1 saturated heterocycles. The minimum Gasteiger partial charge on any atom is -0.337 e. The Bertz CT molecular complexity index is 584. The summed E-state index contributed by atoms with van der Waals surface area (Å²) in [6.07, 6.45) is 3.14. The molecule has 21 heavy (non-hydrogen) atoms. The van der Waals surface area contributed by atoms with Gasteiger partial charge in [0, 0.05) is 30.8 Å². The first-order chi connectivity index (χ1) is 10.1. The zero-order valence-electron chi connectivity index (χ0n) is 12.0. The smallest absolute Gasteiger partial charge is 0.272 e. The summed E-state index contributed by atoms with van der Waals surface area (Å²) in [6.45, 7) is 2.91. The van der Waals surface area contributed by atoms with Gasteiger partial charge in [-0.25, -0.2) is 0 Å². The number of likely N-dealkylation sites (tertiary alicyclic amines) is 1. The van der Waals surface area contributed by atoms with Crippen molar-refractivity contribution in [2.45, 2.75) is 44.8 Å². The van der Waals surface area contributed by atoms with Gasteiger partial charge in [-0.05, 0) is 31.7 Å². The van der Waals surface area contributed by atoms with Crippen molar-refractivity contribution in [1.82, 2.24) is 10.2 Å². The first-order valence-electron chi connectivity index (χ1n) is 7.34. The number of hydrogen-bond donors (Lipinski definition) is 1. The van der Waals surface area contributed by atoms with Crippen LogP contribution in [-0.4, -0.2) is 34.4 Å². The fraction of sp³-hybridized carbons (Fsp3) is 0.533. The van der Waals surface area contributed by atoms with E-state index < -0.39 is 0 Å². The van der Waals surface area contributed by atoms with Crippen molar-refractivity contribution in [2.24, 2.45) is 0 Å². The number of hydrogen-bond acceptors (Lipinski definition) is 4. The maximum Gasteiger partial charge on any atom is 0.272 e. The molecular formula is C15H19N3O3. The van der Waals surface area contributed by atoms with Crippen molar-refractivity contribution in [3.05, 3.63) is 39.4 Å². The average Bonchev–Trinajstić information content (AvgIpc) is 3.20. The van der Waals surface area contributed by atoms with E-state index in [0.29, 0.717) is 24.7 Å². The molecule has 1 atom stereocenters. The van der Waals surface area contributed by atoms with E-state index in [4.69, 9.17) is 0 Å². The number of nitro groups is 1. The molecule has 0 bridgehead atoms. The Labute approximate surface area is 123 Å². The van der Waals surface area contributed by atoms with Crippen LogP contribution in [0.2, 0.25) is 0 Å². The zero-order valence-corrected chi connectivity index (χ0v) is 12.0. The Morgan fingerprint density at radius 1 is 1.38 bits per heavy atom. The normalized spacial score (nSPS) is 21.9. The number of carbonyl (C=O) groups excluding carboxylic acids is 1. The Morgan fingerprint density at radius 3 is 2.81 bits per heavy atom. The van der Waals surface area contributed by atoms with E-state index in [1.165, 1.54) is 6.07 Å². The van der Waals surface area contributed by atoms with E-state index in [-0.39, 0.29) is 22.6 Å². The van der Waals surface area contributed by atoms with E-state index in [9.17, 15) is 14.9 Å². The number of rotatable bonds is 5. The maximum absolute atomic E-state index is 12.3. The van der Waals surface area contributed by atoms with Gasteiger partial charge in [-0.1, -0.05) is 12.1 Å². The predicted octanol–water partition coefficient (Wildman–Crippen LogP) is 1.76. The van der Waals surface area contributed by atoms with Gasteiger partial charge < -0.3 is 10.2 Å². The molecule has 1 amide bonds. The van der Waals surface area contributed by atoms with Crippen LogP contribution in [0.15, 0.2) is 18.2 Å². The van der Waals surface area contributed by atoms with E-state index in [0.717, 1.165) is 24.8 Å². The summed E-state index contributed by atoms with van der Waals surface area (Å²) in [5.41, 5.74) is 1.62. The first kappa shape index (κ1) is 14.0. The summed E-state index contributed by atoms with van der Waals surface area (Å²) in [4.78, 5) is 24.7. The fourth-order valence-corrected chi connectivity index (χ4v) is 2.83. The number of amides is 1. The molecule has 1 aliphatic heterocycles. The van der Waals surface area contributed by atoms with Crippen molar-refractivity contribution >= 4 is 11.6 Å². The Balaban J connectivity index is 1.70. The van der Waals surface area contributed by atoms with E-state index >= 15 is 0 Å². The Kier molecular flexibility index (Phi) is 3.63. The molecule has 1 aromatic rings. The van der Waals surface area contributed by atoms with Gasteiger partial charge in [0.2, 0.25) is 5.91 Å². The molecule has 0 aromatic heterocycles. The van der Waals surface area contributed by atoms with Gasteiger partial charge in [0.1, 0.15) is 0 Å². The highest BCUT2D eigenvalue weighted by molar-refractivity contribution is 5.84. The van der Waals surface area contributed by atoms with Crippen LogP contribution in [0.3, 0.4) is 0 Å². The molecule has 1 aromatic carbocycles. The first-order valence-corrected chi connectivity index (χ1v) is 7.34. The summed E-state index contributed by atoms with van der Waals surface area (Å²) in [7, 11) is 0. The lowest BCUT2D eigenvalue weighted by Gasteiger charge is -2.18. The molecule has 2 aliphatic rings. The van der Waals surface area contributed by atoms with Crippen LogP contribution < -0.4 is 5.32 Å². The van der Waals surface area contributed by atoms with Gasteiger partial charge in [0.25, 0.3) is 5.69 Å².